The van der Waals surface area contributed by atoms with Gasteiger partial charge in [0, 0.05) is 96.1 Å². The third-order valence-corrected chi connectivity index (χ3v) is 13.4. The third-order valence-electron chi connectivity index (χ3n) is 13.4. The van der Waals surface area contributed by atoms with Crippen LogP contribution in [0.1, 0.15) is 67.4 Å². The molecule has 5 saturated heterocycles. The van der Waals surface area contributed by atoms with E-state index in [1.807, 2.05) is 29.3 Å². The fourth-order valence-corrected chi connectivity index (χ4v) is 9.63. The molecular weight excluding hydrogens is 816 g/mol. The number of piperazine rings is 1. The van der Waals surface area contributed by atoms with Crippen molar-refractivity contribution in [1.82, 2.24) is 30.4 Å². The first-order valence-corrected chi connectivity index (χ1v) is 22.1. The highest BCUT2D eigenvalue weighted by atomic mass is 19.4. The molecule has 8 rings (SSSR count). The van der Waals surface area contributed by atoms with Crippen molar-refractivity contribution in [3.05, 3.63) is 77.5 Å². The minimum absolute atomic E-state index is 0.141. The molecule has 5 fully saturated rings. The van der Waals surface area contributed by atoms with E-state index >= 15 is 0 Å². The van der Waals surface area contributed by atoms with E-state index in [0.29, 0.717) is 49.4 Å². The summed E-state index contributed by atoms with van der Waals surface area (Å²) < 4.78 is 40.5. The Morgan fingerprint density at radius 3 is 1.98 bits per heavy atom. The van der Waals surface area contributed by atoms with Crippen LogP contribution in [0.3, 0.4) is 0 Å². The normalized spacial score (nSPS) is 21.5. The fraction of sp³-hybridized carbons (Fsp3) is 0.533. The Morgan fingerprint density at radius 2 is 1.38 bits per heavy atom. The van der Waals surface area contributed by atoms with Crippen LogP contribution in [0, 0.1) is 18.4 Å². The summed E-state index contributed by atoms with van der Waals surface area (Å²) in [4.78, 5) is 72.9. The molecular formula is C45H54F3N11O4. The Morgan fingerprint density at radius 1 is 0.762 bits per heavy atom. The van der Waals surface area contributed by atoms with Crippen molar-refractivity contribution in [1.29, 1.82) is 0 Å². The van der Waals surface area contributed by atoms with Gasteiger partial charge in [-0.15, -0.1) is 0 Å². The smallest absolute Gasteiger partial charge is 0.372 e. The van der Waals surface area contributed by atoms with Crippen molar-refractivity contribution in [2.24, 2.45) is 11.8 Å². The van der Waals surface area contributed by atoms with Crippen LogP contribution in [0.4, 0.5) is 41.7 Å². The van der Waals surface area contributed by atoms with Crippen LogP contribution in [0.25, 0.3) is 4.85 Å². The molecule has 3 aromatic rings. The second-order valence-corrected chi connectivity index (χ2v) is 17.3. The number of carbonyl (C=O) groups excluding carboxylic acids is 4. The second kappa shape index (κ2) is 19.3. The summed E-state index contributed by atoms with van der Waals surface area (Å²) in [7, 11) is 0. The molecule has 3 N–H and O–H groups in total. The minimum atomic E-state index is -4.61. The van der Waals surface area contributed by atoms with Gasteiger partial charge in [0.15, 0.2) is 5.69 Å². The molecule has 5 aliphatic rings. The van der Waals surface area contributed by atoms with Crippen molar-refractivity contribution in [2.45, 2.75) is 69.6 Å². The number of halogens is 3. The van der Waals surface area contributed by atoms with Gasteiger partial charge in [0.1, 0.15) is 17.6 Å². The molecule has 18 heteroatoms. The maximum atomic E-state index is 13.5. The lowest BCUT2D eigenvalue weighted by Gasteiger charge is -2.44. The molecule has 4 amide bonds. The second-order valence-electron chi connectivity index (χ2n) is 17.3. The highest BCUT2D eigenvalue weighted by Gasteiger charge is 2.35. The summed E-state index contributed by atoms with van der Waals surface area (Å²) in [5.74, 6) is -0.532. The summed E-state index contributed by atoms with van der Waals surface area (Å²) in [5, 5.41) is 7.87. The third kappa shape index (κ3) is 10.7. The van der Waals surface area contributed by atoms with E-state index in [1.165, 1.54) is 12.1 Å². The number of rotatable bonds is 10. The highest BCUT2D eigenvalue weighted by Crippen LogP contribution is 2.39. The number of hydrogen-bond donors (Lipinski definition) is 3. The predicted molar refractivity (Wildman–Crippen MR) is 232 cm³/mol. The number of benzene rings is 1. The molecule has 63 heavy (non-hydrogen) atoms. The van der Waals surface area contributed by atoms with Gasteiger partial charge in [0.25, 0.3) is 5.91 Å². The number of aromatic nitrogens is 2. The summed E-state index contributed by atoms with van der Waals surface area (Å²) in [6.45, 7) is 17.1. The highest BCUT2D eigenvalue weighted by molar-refractivity contribution is 6.03. The largest absolute Gasteiger partial charge is 0.407 e. The van der Waals surface area contributed by atoms with Crippen LogP contribution in [-0.4, -0.2) is 127 Å². The Bertz CT molecular complexity index is 2150. The number of anilines is 4. The zero-order chi connectivity index (χ0) is 44.1. The molecule has 0 spiro atoms. The average molecular weight is 870 g/mol. The number of hydrogen-bond acceptors (Lipinski definition) is 11. The van der Waals surface area contributed by atoms with Gasteiger partial charge >= 0.3 is 6.18 Å². The SMILES string of the molecule is [C-]#[N+]c1ccc(N2CCC(C(=O)Nc3ccc(N4CCC(CN5CCN(C6CCN(c7ccc(C(=O)NC8CCC(=O)NC8=O)nc7)CC6)CC5)CC4)cn3)CC2)cc1C(F)(F)F. The first kappa shape index (κ1) is 43.8. The number of nitrogens with one attached hydrogen (secondary N) is 3. The molecule has 1 aromatic carbocycles. The van der Waals surface area contributed by atoms with Gasteiger partial charge in [-0.25, -0.2) is 14.8 Å². The van der Waals surface area contributed by atoms with Crippen LogP contribution in [-0.2, 0) is 20.6 Å². The van der Waals surface area contributed by atoms with Crippen LogP contribution in [0.2, 0.25) is 0 Å². The minimum Gasteiger partial charge on any atom is -0.372 e. The first-order chi connectivity index (χ1) is 30.4. The number of imide groups is 1. The Labute approximate surface area is 365 Å². The van der Waals surface area contributed by atoms with Gasteiger partial charge in [-0.3, -0.25) is 29.4 Å². The Hall–Kier alpha value is -5.80. The first-order valence-electron chi connectivity index (χ1n) is 22.1. The summed E-state index contributed by atoms with van der Waals surface area (Å²) in [6.07, 6.45) is 4.76. The average Bonchev–Trinajstić information content (AvgIpc) is 3.30. The molecule has 334 valence electrons. The number of piperidine rings is 4. The molecule has 0 saturated carbocycles. The zero-order valence-corrected chi connectivity index (χ0v) is 35.3. The van der Waals surface area contributed by atoms with Gasteiger partial charge in [0.05, 0.1) is 35.9 Å². The van der Waals surface area contributed by atoms with E-state index in [9.17, 15) is 32.3 Å². The van der Waals surface area contributed by atoms with Crippen molar-refractivity contribution >= 4 is 52.2 Å². The lowest BCUT2D eigenvalue weighted by atomic mass is 9.95. The summed E-state index contributed by atoms with van der Waals surface area (Å²) in [5.41, 5.74) is 1.30. The van der Waals surface area contributed by atoms with Crippen molar-refractivity contribution in [3.8, 4) is 0 Å². The topological polar surface area (TPSA) is 151 Å². The van der Waals surface area contributed by atoms with Crippen LogP contribution in [0.15, 0.2) is 54.9 Å². The van der Waals surface area contributed by atoms with Gasteiger partial charge < -0.3 is 30.2 Å². The van der Waals surface area contributed by atoms with Crippen LogP contribution < -0.4 is 30.7 Å². The lowest BCUT2D eigenvalue weighted by Crippen LogP contribution is -2.54. The molecule has 0 bridgehead atoms. The molecule has 0 aliphatic carbocycles. The number of carbonyl (C=O) groups is 4. The number of amides is 4. The van der Waals surface area contributed by atoms with E-state index in [4.69, 9.17) is 6.57 Å². The van der Waals surface area contributed by atoms with Crippen molar-refractivity contribution in [3.63, 3.8) is 0 Å². The van der Waals surface area contributed by atoms with Gasteiger partial charge in [-0.2, -0.15) is 13.2 Å². The summed E-state index contributed by atoms with van der Waals surface area (Å²) in [6, 6.07) is 11.0. The van der Waals surface area contributed by atoms with E-state index in [1.54, 1.807) is 12.3 Å². The maximum absolute atomic E-state index is 13.5. The van der Waals surface area contributed by atoms with Gasteiger partial charge in [-0.1, -0.05) is 6.07 Å². The molecule has 0 radical (unpaired) electrons. The van der Waals surface area contributed by atoms with Gasteiger partial charge in [-0.05, 0) is 87.3 Å². The van der Waals surface area contributed by atoms with E-state index in [2.05, 4.69) is 50.4 Å². The molecule has 5 aliphatic heterocycles. The molecule has 7 heterocycles. The van der Waals surface area contributed by atoms with Crippen LogP contribution in [0.5, 0.6) is 0 Å². The number of nitrogens with zero attached hydrogens (tertiary/aromatic N) is 8. The standard InChI is InChI=1S/C45H54F3N11O4/c1-49-37-5-2-33(26-36(37)45(46,47)48)56-18-12-31(13-19-56)42(61)53-40-8-4-35(28-51-40)57-16-10-30(11-17-57)29-55-22-24-59(25-23-55)32-14-20-58(21-15-32)34-3-6-38(50-27-34)43(62)52-39-7-9-41(60)54-44(39)63/h2-6,8,26-28,30-32,39H,7,9-25,29H2,(H,52,62)(H,51,53,61)(H,54,60,63). The summed E-state index contributed by atoms with van der Waals surface area (Å²) >= 11 is 0. The van der Waals surface area contributed by atoms with Gasteiger partial charge in [0.2, 0.25) is 17.7 Å². The molecule has 1 atom stereocenters. The molecule has 15 nitrogen and oxygen atoms in total. The molecule has 2 aromatic heterocycles. The number of alkyl halides is 3. The van der Waals surface area contributed by atoms with E-state index < -0.39 is 35.3 Å². The molecule has 1 unspecified atom stereocenters. The maximum Gasteiger partial charge on any atom is 0.407 e. The fourth-order valence-electron chi connectivity index (χ4n) is 9.63. The van der Waals surface area contributed by atoms with Crippen LogP contribution >= 0.6 is 0 Å². The van der Waals surface area contributed by atoms with E-state index in [-0.39, 0.29) is 36.3 Å². The zero-order valence-electron chi connectivity index (χ0n) is 35.3. The van der Waals surface area contributed by atoms with Crippen molar-refractivity contribution < 1.29 is 32.3 Å². The van der Waals surface area contributed by atoms with Crippen molar-refractivity contribution in [2.75, 3.05) is 92.0 Å². The Kier molecular flexibility index (Phi) is 13.4. The quantitative estimate of drug-likeness (QED) is 0.188. The Balaban J connectivity index is 0.708. The predicted octanol–water partition coefficient (Wildman–Crippen LogP) is 4.94. The van der Waals surface area contributed by atoms with E-state index in [0.717, 1.165) is 102 Å². The monoisotopic (exact) mass is 869 g/mol. The lowest BCUT2D eigenvalue weighted by molar-refractivity contribution is -0.137. The number of pyridine rings is 2.